The molecule has 2 N–H and O–H groups in total. The Morgan fingerprint density at radius 3 is 2.13 bits per heavy atom. The monoisotopic (exact) mass is 316 g/mol. The van der Waals surface area contributed by atoms with Gasteiger partial charge >= 0.3 is 5.69 Å². The summed E-state index contributed by atoms with van der Waals surface area (Å²) in [6, 6.07) is 11.1. The largest absolute Gasteiger partial charge is 0.507 e. The van der Waals surface area contributed by atoms with Crippen LogP contribution in [0.25, 0.3) is 0 Å². The topological polar surface area (TPSA) is 85.3 Å². The second-order valence-electron chi connectivity index (χ2n) is 6.25. The van der Waals surface area contributed by atoms with Crippen LogP contribution >= 0.6 is 0 Å². The van der Waals surface area contributed by atoms with Gasteiger partial charge in [-0.15, -0.1) is 0 Å². The summed E-state index contributed by atoms with van der Waals surface area (Å²) in [6.07, 6.45) is 0. The van der Waals surface area contributed by atoms with Crippen LogP contribution in [0.15, 0.2) is 52.7 Å². The highest BCUT2D eigenvalue weighted by Gasteiger charge is 2.13. The van der Waals surface area contributed by atoms with E-state index in [0.717, 1.165) is 5.56 Å². The van der Waals surface area contributed by atoms with E-state index in [-0.39, 0.29) is 16.4 Å². The third kappa shape index (κ3) is 4.86. The molecule has 23 heavy (non-hydrogen) atoms. The van der Waals surface area contributed by atoms with Crippen molar-refractivity contribution in [3.8, 4) is 5.75 Å². The molecule has 0 bridgehead atoms. The predicted molar refractivity (Wildman–Crippen MR) is 85.5 cm³/mol. The number of hydrogen-bond donors (Lipinski definition) is 2. The van der Waals surface area contributed by atoms with E-state index in [0.29, 0.717) is 22.4 Å². The van der Waals surface area contributed by atoms with Crippen LogP contribution in [0, 0.1) is 4.91 Å². The van der Waals surface area contributed by atoms with Gasteiger partial charge in [0, 0.05) is 12.1 Å². The molecule has 0 amide bonds. The maximum Gasteiger partial charge on any atom is 0.316 e. The number of aromatic hydroxyl groups is 1. The molecular formula is C16H20N4O3+2. The van der Waals surface area contributed by atoms with Crippen LogP contribution in [-0.2, 0) is 6.54 Å². The summed E-state index contributed by atoms with van der Waals surface area (Å²) >= 11 is 0. The van der Waals surface area contributed by atoms with Gasteiger partial charge in [0.05, 0.1) is 43.0 Å². The van der Waals surface area contributed by atoms with Gasteiger partial charge in [-0.05, 0) is 30.3 Å². The first kappa shape index (κ1) is 16.6. The lowest BCUT2D eigenvalue weighted by Crippen LogP contribution is -2.33. The highest BCUT2D eigenvalue weighted by molar-refractivity contribution is 5.48. The van der Waals surface area contributed by atoms with Gasteiger partial charge in [0.15, 0.2) is 0 Å². The van der Waals surface area contributed by atoms with Crippen LogP contribution in [0.1, 0.15) is 5.56 Å². The molecule has 7 heteroatoms. The minimum absolute atomic E-state index is 0.124. The van der Waals surface area contributed by atoms with E-state index in [1.807, 2.05) is 21.1 Å². The van der Waals surface area contributed by atoms with Crippen LogP contribution in [-0.4, -0.2) is 40.9 Å². The number of nitrogens with zero attached hydrogens (tertiary/aromatic N) is 4. The van der Waals surface area contributed by atoms with Crippen LogP contribution in [0.3, 0.4) is 0 Å². The lowest BCUT2D eigenvalue weighted by Gasteiger charge is -2.24. The minimum Gasteiger partial charge on any atom is -0.507 e. The van der Waals surface area contributed by atoms with E-state index in [4.69, 9.17) is 5.21 Å². The Morgan fingerprint density at radius 2 is 1.57 bits per heavy atom. The smallest absolute Gasteiger partial charge is 0.316 e. The number of phenolic OH excluding ortho intramolecular Hbond substituents is 1. The fraction of sp³-hybridized carbons (Fsp3) is 0.250. The molecule has 0 aliphatic rings. The molecule has 0 aromatic heterocycles. The first-order valence-corrected chi connectivity index (χ1v) is 7.05. The Labute approximate surface area is 134 Å². The first-order valence-electron chi connectivity index (χ1n) is 7.05. The molecule has 0 saturated heterocycles. The second-order valence-corrected chi connectivity index (χ2v) is 6.25. The van der Waals surface area contributed by atoms with Crippen LogP contribution in [0.4, 0.5) is 17.1 Å². The van der Waals surface area contributed by atoms with E-state index >= 15 is 0 Å². The number of phenols is 1. The van der Waals surface area contributed by atoms with Crippen molar-refractivity contribution in [2.75, 3.05) is 21.1 Å². The van der Waals surface area contributed by atoms with Crippen molar-refractivity contribution in [2.24, 2.45) is 10.2 Å². The number of rotatable bonds is 5. The summed E-state index contributed by atoms with van der Waals surface area (Å²) in [5, 5.41) is 26.9. The van der Waals surface area contributed by atoms with Gasteiger partial charge < -0.3 is 9.59 Å². The molecular weight excluding hydrogens is 296 g/mol. The Kier molecular flexibility index (Phi) is 4.71. The van der Waals surface area contributed by atoms with Crippen molar-refractivity contribution in [1.29, 1.82) is 0 Å². The van der Waals surface area contributed by atoms with Crippen molar-refractivity contribution in [3.63, 3.8) is 0 Å². The standard InChI is InChI=1S/C16H19N4O3/c1-20(2,3)11-12-10-14(6-9-16(12)21)18-17-13-4-7-15(8-5-13)19(22)23/h4-10H,11H2,1-3H3,(H-,17,21,22,23)/q+1/p+1. The third-order valence-electron chi connectivity index (χ3n) is 3.06. The zero-order valence-corrected chi connectivity index (χ0v) is 13.3. The average Bonchev–Trinajstić information content (AvgIpc) is 2.47. The Morgan fingerprint density at radius 1 is 1.00 bits per heavy atom. The summed E-state index contributed by atoms with van der Waals surface area (Å²) in [4.78, 5) is 10.5. The average molecular weight is 316 g/mol. The summed E-state index contributed by atoms with van der Waals surface area (Å²) in [5.74, 6) is 0.236. The van der Waals surface area contributed by atoms with Crippen molar-refractivity contribution in [2.45, 2.75) is 6.54 Å². The Balaban J connectivity index is 2.19. The number of quaternary nitrogens is 1. The van der Waals surface area contributed by atoms with Crippen molar-refractivity contribution in [1.82, 2.24) is 0 Å². The Hall–Kier alpha value is -2.80. The van der Waals surface area contributed by atoms with Crippen molar-refractivity contribution < 1.29 is 19.7 Å². The second kappa shape index (κ2) is 6.53. The van der Waals surface area contributed by atoms with Gasteiger partial charge in [-0.25, -0.2) is 5.21 Å². The maximum absolute atomic E-state index is 10.7. The molecule has 0 aliphatic carbocycles. The van der Waals surface area contributed by atoms with Gasteiger partial charge in [0.2, 0.25) is 0 Å². The summed E-state index contributed by atoms with van der Waals surface area (Å²) in [7, 11) is 6.11. The first-order chi connectivity index (χ1) is 10.7. The molecule has 0 fully saturated rings. The minimum atomic E-state index is -0.210. The third-order valence-corrected chi connectivity index (χ3v) is 3.06. The quantitative estimate of drug-likeness (QED) is 0.499. The normalized spacial score (nSPS) is 11.8. The predicted octanol–water partition coefficient (Wildman–Crippen LogP) is 3.81. The fourth-order valence-electron chi connectivity index (χ4n) is 2.03. The summed E-state index contributed by atoms with van der Waals surface area (Å²) in [6.45, 7) is 0.666. The number of azo groups is 1. The molecule has 120 valence electrons. The molecule has 0 unspecified atom stereocenters. The zero-order chi connectivity index (χ0) is 17.0. The lowest BCUT2D eigenvalue weighted by molar-refractivity contribution is -0.884. The molecule has 0 heterocycles. The van der Waals surface area contributed by atoms with E-state index in [1.54, 1.807) is 30.3 Å². The summed E-state index contributed by atoms with van der Waals surface area (Å²) in [5.41, 5.74) is 2.10. The van der Waals surface area contributed by atoms with E-state index in [2.05, 4.69) is 10.2 Å². The van der Waals surface area contributed by atoms with Crippen LogP contribution < -0.4 is 0 Å². The van der Waals surface area contributed by atoms with Gasteiger partial charge in [-0.1, -0.05) is 0 Å². The maximum atomic E-state index is 10.7. The van der Waals surface area contributed by atoms with E-state index in [9.17, 15) is 10.0 Å². The van der Waals surface area contributed by atoms with Gasteiger partial charge in [0.1, 0.15) is 12.3 Å². The van der Waals surface area contributed by atoms with Crippen LogP contribution in [0.2, 0.25) is 0 Å². The SMILES string of the molecule is C[N+](C)(C)Cc1cc(N=Nc2ccc([N+](=O)O)cc2)ccc1O. The molecule has 0 atom stereocenters. The molecule has 0 radical (unpaired) electrons. The molecule has 7 nitrogen and oxygen atoms in total. The number of hydrogen-bond acceptors (Lipinski definition) is 4. The molecule has 0 aliphatic heterocycles. The Bertz CT molecular complexity index is 734. The molecule has 0 saturated carbocycles. The summed E-state index contributed by atoms with van der Waals surface area (Å²) < 4.78 is 0.683. The van der Waals surface area contributed by atoms with Gasteiger partial charge in [-0.2, -0.15) is 10.2 Å². The van der Waals surface area contributed by atoms with Crippen molar-refractivity contribution >= 4 is 17.1 Å². The van der Waals surface area contributed by atoms with E-state index < -0.39 is 0 Å². The molecule has 2 rings (SSSR count). The zero-order valence-electron chi connectivity index (χ0n) is 13.3. The van der Waals surface area contributed by atoms with Crippen LogP contribution in [0.5, 0.6) is 5.75 Å². The highest BCUT2D eigenvalue weighted by Crippen LogP contribution is 2.27. The molecule has 2 aromatic rings. The van der Waals surface area contributed by atoms with Gasteiger partial charge in [0.25, 0.3) is 4.92 Å². The lowest BCUT2D eigenvalue weighted by atomic mass is 10.1. The molecule has 0 spiro atoms. The number of benzene rings is 2. The highest BCUT2D eigenvalue weighted by atomic mass is 16.6. The van der Waals surface area contributed by atoms with Crippen molar-refractivity contribution in [3.05, 3.63) is 52.9 Å². The fourth-order valence-corrected chi connectivity index (χ4v) is 2.03. The van der Waals surface area contributed by atoms with E-state index in [1.165, 1.54) is 12.1 Å². The molecule has 2 aromatic carbocycles. The van der Waals surface area contributed by atoms with Gasteiger partial charge in [-0.3, -0.25) is 0 Å².